The highest BCUT2D eigenvalue weighted by Crippen LogP contribution is 2.30. The van der Waals surface area contributed by atoms with Gasteiger partial charge in [-0.15, -0.1) is 0 Å². The van der Waals surface area contributed by atoms with Gasteiger partial charge in [0, 0.05) is 49.9 Å². The molecule has 4 atom stereocenters. The van der Waals surface area contributed by atoms with Gasteiger partial charge in [-0.2, -0.15) is 0 Å². The van der Waals surface area contributed by atoms with Gasteiger partial charge in [0.05, 0.1) is 32.4 Å². The number of carbonyl (C=O) groups is 4. The first-order chi connectivity index (χ1) is 21.9. The highest BCUT2D eigenvalue weighted by atomic mass is 19.1. The summed E-state index contributed by atoms with van der Waals surface area (Å²) in [7, 11) is 0. The van der Waals surface area contributed by atoms with E-state index >= 15 is 0 Å². The fraction of sp³-hybridized carbons (Fsp3) is 0.483. The van der Waals surface area contributed by atoms with Crippen LogP contribution in [0.1, 0.15) is 39.8 Å². The number of ether oxygens (including phenoxy) is 4. The molecule has 0 radical (unpaired) electrons. The quantitative estimate of drug-likeness (QED) is 0.292. The third-order valence-electron chi connectivity index (χ3n) is 8.03. The summed E-state index contributed by atoms with van der Waals surface area (Å²) >= 11 is 0. The molecule has 248 valence electrons. The van der Waals surface area contributed by atoms with Crippen molar-refractivity contribution in [1.82, 2.24) is 19.7 Å². The van der Waals surface area contributed by atoms with Crippen LogP contribution in [0, 0.1) is 11.6 Å². The van der Waals surface area contributed by atoms with Crippen molar-refractivity contribution >= 4 is 23.9 Å². The molecule has 1 aromatic carbocycles. The fourth-order valence-corrected chi connectivity index (χ4v) is 5.70. The van der Waals surface area contributed by atoms with Gasteiger partial charge >= 0.3 is 12.1 Å². The Kier molecular flexibility index (Phi) is 9.83. The van der Waals surface area contributed by atoms with Crippen molar-refractivity contribution in [3.05, 3.63) is 63.1 Å². The molecule has 0 saturated carbocycles. The van der Waals surface area contributed by atoms with Gasteiger partial charge in [-0.1, -0.05) is 6.07 Å². The zero-order valence-corrected chi connectivity index (χ0v) is 24.6. The third kappa shape index (κ3) is 6.95. The molecule has 0 spiro atoms. The molecule has 2 fully saturated rings. The smallest absolute Gasteiger partial charge is 0.486 e. The monoisotopic (exact) mass is 650 g/mol. The maximum Gasteiger partial charge on any atom is 0.506 e. The minimum Gasteiger partial charge on any atom is -0.486 e. The van der Waals surface area contributed by atoms with Crippen LogP contribution in [-0.2, 0) is 32.1 Å². The lowest BCUT2D eigenvalue weighted by atomic mass is 10.1. The molecular formula is C29H32F2N4O11. The van der Waals surface area contributed by atoms with Crippen molar-refractivity contribution in [3.8, 4) is 5.75 Å². The van der Waals surface area contributed by atoms with Gasteiger partial charge in [-0.05, 0) is 13.0 Å². The van der Waals surface area contributed by atoms with Crippen LogP contribution in [0.4, 0.5) is 13.6 Å². The summed E-state index contributed by atoms with van der Waals surface area (Å²) in [5.41, 5.74) is -1.58. The van der Waals surface area contributed by atoms with Gasteiger partial charge in [0.25, 0.3) is 11.8 Å². The molecule has 15 nitrogen and oxygen atoms in total. The van der Waals surface area contributed by atoms with Crippen LogP contribution < -0.4 is 15.5 Å². The number of hydrogen-bond acceptors (Lipinski definition) is 10. The second-order valence-corrected chi connectivity index (χ2v) is 11.0. The Labute approximate surface area is 260 Å². The van der Waals surface area contributed by atoms with Gasteiger partial charge in [0.2, 0.25) is 11.5 Å². The number of morpholine rings is 1. The molecule has 0 bridgehead atoms. The number of aromatic nitrogens is 1. The van der Waals surface area contributed by atoms with Crippen LogP contribution in [0.25, 0.3) is 0 Å². The summed E-state index contributed by atoms with van der Waals surface area (Å²) in [5, 5.41) is 21.1. The number of halogens is 2. The number of carboxylic acids is 1. The molecule has 3 aliphatic rings. The number of carboxylic acid groups (broad SMARTS) is 2. The zero-order chi connectivity index (χ0) is 33.1. The average molecular weight is 651 g/mol. The number of aliphatic carboxylic acids is 1. The second kappa shape index (κ2) is 13.8. The van der Waals surface area contributed by atoms with Crippen molar-refractivity contribution < 1.29 is 57.1 Å². The van der Waals surface area contributed by atoms with Crippen molar-refractivity contribution in [1.29, 1.82) is 0 Å². The largest absolute Gasteiger partial charge is 0.506 e. The molecular weight excluding hydrogens is 618 g/mol. The van der Waals surface area contributed by atoms with E-state index in [2.05, 4.69) is 10.1 Å². The maximum atomic E-state index is 14.2. The van der Waals surface area contributed by atoms with E-state index < -0.39 is 70.7 Å². The molecule has 1 aromatic heterocycles. The van der Waals surface area contributed by atoms with E-state index in [0.29, 0.717) is 32.4 Å². The Hall–Kier alpha value is -4.61. The van der Waals surface area contributed by atoms with E-state index in [0.717, 1.165) is 12.1 Å². The lowest BCUT2D eigenvalue weighted by Gasteiger charge is -2.36. The normalized spacial score (nSPS) is 20.8. The molecule has 17 heteroatoms. The van der Waals surface area contributed by atoms with E-state index in [4.69, 9.17) is 19.3 Å². The SMILES string of the molecule is C[C@H]1CO[C@@H]2Cn3cc(C(=O)NCc4ccc(F)cc4F)c(=O)c(OCC(CC(OC(=O)O)C(=O)O)N4CCOCC4)c3C(=O)N12. The Balaban J connectivity index is 1.48. The maximum absolute atomic E-state index is 14.2. The summed E-state index contributed by atoms with van der Waals surface area (Å²) in [5.74, 6) is -5.22. The molecule has 2 amide bonds. The van der Waals surface area contributed by atoms with Gasteiger partial charge in [0.1, 0.15) is 23.8 Å². The Morgan fingerprint density at radius 3 is 2.57 bits per heavy atom. The highest BCUT2D eigenvalue weighted by molar-refractivity contribution is 5.99. The molecule has 2 saturated heterocycles. The molecule has 3 aliphatic heterocycles. The minimum absolute atomic E-state index is 0.0339. The van der Waals surface area contributed by atoms with Crippen molar-refractivity contribution in [2.45, 2.75) is 50.8 Å². The van der Waals surface area contributed by atoms with Crippen LogP contribution in [0.15, 0.2) is 29.2 Å². The molecule has 0 aliphatic carbocycles. The van der Waals surface area contributed by atoms with Gasteiger partial charge < -0.3 is 43.9 Å². The van der Waals surface area contributed by atoms with Crippen LogP contribution in [0.2, 0.25) is 0 Å². The number of nitrogens with zero attached hydrogens (tertiary/aromatic N) is 3. The summed E-state index contributed by atoms with van der Waals surface area (Å²) in [6, 6.07) is 1.68. The van der Waals surface area contributed by atoms with E-state index in [1.165, 1.54) is 15.7 Å². The number of pyridine rings is 1. The first kappa shape index (κ1) is 32.8. The average Bonchev–Trinajstić information content (AvgIpc) is 3.39. The van der Waals surface area contributed by atoms with E-state index in [1.807, 2.05) is 0 Å². The van der Waals surface area contributed by atoms with Crippen molar-refractivity contribution in [3.63, 3.8) is 0 Å². The predicted octanol–water partition coefficient (Wildman–Crippen LogP) is 0.875. The predicted molar refractivity (Wildman–Crippen MR) is 150 cm³/mol. The summed E-state index contributed by atoms with van der Waals surface area (Å²) in [6.07, 6.45) is -3.41. The van der Waals surface area contributed by atoms with Crippen molar-refractivity contribution in [2.24, 2.45) is 0 Å². The van der Waals surface area contributed by atoms with E-state index in [-0.39, 0.29) is 50.0 Å². The summed E-state index contributed by atoms with van der Waals surface area (Å²) < 4.78 is 50.5. The zero-order valence-electron chi connectivity index (χ0n) is 24.6. The van der Waals surface area contributed by atoms with Crippen LogP contribution in [-0.4, -0.2) is 112 Å². The number of rotatable bonds is 11. The minimum atomic E-state index is -1.79. The second-order valence-electron chi connectivity index (χ2n) is 11.0. The lowest BCUT2D eigenvalue weighted by Crippen LogP contribution is -2.50. The standard InChI is InChI=1S/C29H32F2N4O11/c1-15-13-44-22-12-34-11-19(26(37)32-10-16-2-3-17(30)8-20(16)31)24(36)25(23(34)27(38)35(15)22)45-14-18(33-4-6-43-7-5-33)9-21(28(39)40)46-29(41)42/h2-3,8,11,15,18,21-22H,4-7,9-10,12-14H2,1H3,(H,32,37)(H,39,40)(H,41,42)/t15-,18?,21?,22+/m0/s1. The number of hydrogen-bond donors (Lipinski definition) is 3. The number of benzene rings is 1. The molecule has 46 heavy (non-hydrogen) atoms. The number of fused-ring (bicyclic) bond motifs is 2. The summed E-state index contributed by atoms with van der Waals surface area (Å²) in [4.78, 5) is 67.0. The molecule has 5 rings (SSSR count). The lowest BCUT2D eigenvalue weighted by molar-refractivity contribution is -0.149. The molecule has 3 N–H and O–H groups in total. The first-order valence-electron chi connectivity index (χ1n) is 14.4. The molecule has 2 aromatic rings. The number of amides is 2. The third-order valence-corrected chi connectivity index (χ3v) is 8.03. The topological polar surface area (TPSA) is 186 Å². The molecule has 4 heterocycles. The first-order valence-corrected chi connectivity index (χ1v) is 14.4. The fourth-order valence-electron chi connectivity index (χ4n) is 5.70. The van der Waals surface area contributed by atoms with Gasteiger partial charge in [-0.3, -0.25) is 19.3 Å². The highest BCUT2D eigenvalue weighted by Gasteiger charge is 2.43. The Bertz CT molecular complexity index is 1580. The van der Waals surface area contributed by atoms with Crippen molar-refractivity contribution in [2.75, 3.05) is 39.5 Å². The Morgan fingerprint density at radius 1 is 1.15 bits per heavy atom. The van der Waals surface area contributed by atoms with Crippen LogP contribution >= 0.6 is 0 Å². The van der Waals surface area contributed by atoms with Gasteiger partial charge in [-0.25, -0.2) is 18.4 Å². The van der Waals surface area contributed by atoms with Crippen LogP contribution in [0.3, 0.4) is 0 Å². The number of nitrogens with one attached hydrogen (secondary N) is 1. The van der Waals surface area contributed by atoms with E-state index in [9.17, 15) is 37.9 Å². The van der Waals surface area contributed by atoms with Crippen LogP contribution in [0.5, 0.6) is 5.75 Å². The van der Waals surface area contributed by atoms with E-state index in [1.54, 1.807) is 11.8 Å². The number of carbonyl (C=O) groups excluding carboxylic acids is 2. The van der Waals surface area contributed by atoms with Gasteiger partial charge in [0.15, 0.2) is 17.7 Å². The Morgan fingerprint density at radius 2 is 1.89 bits per heavy atom. The summed E-state index contributed by atoms with van der Waals surface area (Å²) in [6.45, 7) is 2.54. The molecule has 2 unspecified atom stereocenters.